The minimum absolute atomic E-state index is 0.00741. The first kappa shape index (κ1) is 13.2. The monoisotopic (exact) mass is 266 g/mol. The zero-order valence-corrected chi connectivity index (χ0v) is 11.6. The Bertz CT molecular complexity index is 451. The molecule has 18 heavy (non-hydrogen) atoms. The lowest BCUT2D eigenvalue weighted by Gasteiger charge is -2.39. The molecule has 1 aliphatic heterocycles. The van der Waals surface area contributed by atoms with Crippen LogP contribution in [0, 0.1) is 0 Å². The average molecular weight is 267 g/mol. The van der Waals surface area contributed by atoms with E-state index in [1.54, 1.807) is 18.2 Å². The number of carbonyl (C=O) groups is 1. The fraction of sp³-hybridized carbons (Fsp3) is 0.500. The third kappa shape index (κ3) is 2.46. The largest absolute Gasteiger partial charge is 0.399 e. The number of rotatable bonds is 1. The normalized spacial score (nSPS) is 24.1. The molecule has 2 rings (SSSR count). The van der Waals surface area contributed by atoms with Crippen molar-refractivity contribution in [3.63, 3.8) is 0 Å². The molecule has 0 saturated carbocycles. The zero-order valence-electron chi connectivity index (χ0n) is 10.8. The summed E-state index contributed by atoms with van der Waals surface area (Å²) in [4.78, 5) is 14.5. The van der Waals surface area contributed by atoms with Crippen LogP contribution < -0.4 is 5.73 Å². The minimum Gasteiger partial charge on any atom is -0.399 e. The summed E-state index contributed by atoms with van der Waals surface area (Å²) in [5.74, 6) is -0.00741. The van der Waals surface area contributed by atoms with Gasteiger partial charge < -0.3 is 10.6 Å². The molecule has 0 aromatic heterocycles. The van der Waals surface area contributed by atoms with Crippen molar-refractivity contribution in [2.75, 3.05) is 5.73 Å². The van der Waals surface area contributed by atoms with Crippen LogP contribution in [0.5, 0.6) is 0 Å². The number of hydrogen-bond donors (Lipinski definition) is 1. The lowest BCUT2D eigenvalue weighted by atomic mass is 9.96. The molecule has 1 amide bonds. The van der Waals surface area contributed by atoms with Crippen LogP contribution in [0.2, 0.25) is 5.02 Å². The predicted octanol–water partition coefficient (Wildman–Crippen LogP) is 3.33. The Morgan fingerprint density at radius 1 is 1.33 bits per heavy atom. The van der Waals surface area contributed by atoms with Gasteiger partial charge in [0.25, 0.3) is 5.91 Å². The number of likely N-dealkylation sites (tertiary alicyclic amines) is 1. The number of anilines is 1. The van der Waals surface area contributed by atoms with Crippen LogP contribution in [0.3, 0.4) is 0 Å². The molecule has 98 valence electrons. The summed E-state index contributed by atoms with van der Waals surface area (Å²) in [5, 5.41) is 0.471. The molecule has 0 radical (unpaired) electrons. The average Bonchev–Trinajstić information content (AvgIpc) is 2.32. The van der Waals surface area contributed by atoms with Crippen molar-refractivity contribution in [3.8, 4) is 0 Å². The predicted molar refractivity (Wildman–Crippen MR) is 74.8 cm³/mol. The molecule has 1 heterocycles. The van der Waals surface area contributed by atoms with Gasteiger partial charge in [-0.1, -0.05) is 11.6 Å². The summed E-state index contributed by atoms with van der Waals surface area (Å²) in [6.45, 7) is 4.18. The highest BCUT2D eigenvalue weighted by atomic mass is 35.5. The highest BCUT2D eigenvalue weighted by molar-refractivity contribution is 6.34. The number of halogens is 1. The van der Waals surface area contributed by atoms with Crippen LogP contribution >= 0.6 is 11.6 Å². The van der Waals surface area contributed by atoms with E-state index >= 15 is 0 Å². The Labute approximate surface area is 113 Å². The van der Waals surface area contributed by atoms with E-state index in [-0.39, 0.29) is 18.0 Å². The summed E-state index contributed by atoms with van der Waals surface area (Å²) in [6.07, 6.45) is 3.28. The van der Waals surface area contributed by atoms with Crippen molar-refractivity contribution in [1.82, 2.24) is 4.90 Å². The van der Waals surface area contributed by atoms with Crippen molar-refractivity contribution < 1.29 is 4.79 Å². The van der Waals surface area contributed by atoms with Gasteiger partial charge in [-0.25, -0.2) is 0 Å². The van der Waals surface area contributed by atoms with E-state index in [0.717, 1.165) is 12.8 Å². The second-order valence-corrected chi connectivity index (χ2v) is 5.49. The number of piperidine rings is 1. The number of nitrogens with two attached hydrogens (primary N) is 1. The van der Waals surface area contributed by atoms with Crippen LogP contribution in [0.1, 0.15) is 43.5 Å². The highest BCUT2D eigenvalue weighted by Crippen LogP contribution is 2.27. The zero-order chi connectivity index (χ0) is 13.3. The molecule has 0 aliphatic carbocycles. The van der Waals surface area contributed by atoms with Gasteiger partial charge in [0, 0.05) is 17.8 Å². The first-order valence-electron chi connectivity index (χ1n) is 6.38. The van der Waals surface area contributed by atoms with Gasteiger partial charge in [-0.3, -0.25) is 4.79 Å². The van der Waals surface area contributed by atoms with Crippen LogP contribution in [0.15, 0.2) is 18.2 Å². The minimum atomic E-state index is -0.00741. The Morgan fingerprint density at radius 3 is 2.56 bits per heavy atom. The molecule has 2 atom stereocenters. The van der Waals surface area contributed by atoms with Crippen molar-refractivity contribution in [2.24, 2.45) is 0 Å². The van der Waals surface area contributed by atoms with Gasteiger partial charge in [0.1, 0.15) is 0 Å². The number of hydrogen-bond acceptors (Lipinski definition) is 2. The van der Waals surface area contributed by atoms with Crippen LogP contribution in [0.25, 0.3) is 0 Å². The molecule has 0 spiro atoms. The van der Waals surface area contributed by atoms with Gasteiger partial charge in [-0.05, 0) is 51.3 Å². The van der Waals surface area contributed by atoms with Gasteiger partial charge in [0.15, 0.2) is 0 Å². The van der Waals surface area contributed by atoms with Crippen LogP contribution in [-0.2, 0) is 0 Å². The van der Waals surface area contributed by atoms with E-state index in [9.17, 15) is 4.79 Å². The van der Waals surface area contributed by atoms with E-state index in [2.05, 4.69) is 13.8 Å². The van der Waals surface area contributed by atoms with E-state index in [4.69, 9.17) is 17.3 Å². The van der Waals surface area contributed by atoms with Crippen LogP contribution in [-0.4, -0.2) is 22.9 Å². The maximum absolute atomic E-state index is 12.6. The van der Waals surface area contributed by atoms with Crippen molar-refractivity contribution >= 4 is 23.2 Å². The molecule has 1 fully saturated rings. The number of nitrogen functional groups attached to an aromatic ring is 1. The van der Waals surface area contributed by atoms with E-state index < -0.39 is 0 Å². The third-order valence-corrected chi connectivity index (χ3v) is 3.98. The molecule has 2 N–H and O–H groups in total. The lowest BCUT2D eigenvalue weighted by molar-refractivity contribution is 0.0511. The number of benzene rings is 1. The Balaban J connectivity index is 2.32. The number of nitrogens with zero attached hydrogens (tertiary/aromatic N) is 1. The van der Waals surface area contributed by atoms with Gasteiger partial charge in [-0.15, -0.1) is 0 Å². The molecule has 1 aromatic rings. The van der Waals surface area contributed by atoms with Gasteiger partial charge in [-0.2, -0.15) is 0 Å². The molecule has 1 aliphatic rings. The first-order valence-corrected chi connectivity index (χ1v) is 6.76. The Morgan fingerprint density at radius 2 is 1.94 bits per heavy atom. The van der Waals surface area contributed by atoms with E-state index in [1.165, 1.54) is 6.42 Å². The molecule has 1 saturated heterocycles. The maximum Gasteiger partial charge on any atom is 0.255 e. The van der Waals surface area contributed by atoms with Crippen molar-refractivity contribution in [1.29, 1.82) is 0 Å². The highest BCUT2D eigenvalue weighted by Gasteiger charge is 2.30. The van der Waals surface area contributed by atoms with Gasteiger partial charge in [0.2, 0.25) is 0 Å². The van der Waals surface area contributed by atoms with E-state index in [1.807, 2.05) is 4.90 Å². The first-order chi connectivity index (χ1) is 8.50. The smallest absolute Gasteiger partial charge is 0.255 e. The molecular formula is C14H19ClN2O. The summed E-state index contributed by atoms with van der Waals surface area (Å²) < 4.78 is 0. The summed E-state index contributed by atoms with van der Waals surface area (Å²) >= 11 is 6.10. The number of carbonyl (C=O) groups excluding carboxylic acids is 1. The third-order valence-electron chi connectivity index (χ3n) is 3.65. The lowest BCUT2D eigenvalue weighted by Crippen LogP contribution is -2.47. The molecule has 0 unspecified atom stereocenters. The SMILES string of the molecule is C[C@@H]1CCC[C@@H](C)N1C(=O)c1cc(N)ccc1Cl. The topological polar surface area (TPSA) is 46.3 Å². The van der Waals surface area contributed by atoms with Crippen molar-refractivity contribution in [3.05, 3.63) is 28.8 Å². The maximum atomic E-state index is 12.6. The second kappa shape index (κ2) is 5.19. The van der Waals surface area contributed by atoms with Crippen molar-refractivity contribution in [2.45, 2.75) is 45.2 Å². The molecular weight excluding hydrogens is 248 g/mol. The summed E-state index contributed by atoms with van der Waals surface area (Å²) in [7, 11) is 0. The molecule has 1 aromatic carbocycles. The molecule has 3 nitrogen and oxygen atoms in total. The quantitative estimate of drug-likeness (QED) is 0.793. The fourth-order valence-electron chi connectivity index (χ4n) is 2.67. The second-order valence-electron chi connectivity index (χ2n) is 5.08. The summed E-state index contributed by atoms with van der Waals surface area (Å²) in [5.41, 5.74) is 6.82. The molecule has 4 heteroatoms. The van der Waals surface area contributed by atoms with Gasteiger partial charge in [0.05, 0.1) is 10.6 Å². The number of amides is 1. The molecule has 0 bridgehead atoms. The van der Waals surface area contributed by atoms with E-state index in [0.29, 0.717) is 16.3 Å². The van der Waals surface area contributed by atoms with Crippen LogP contribution in [0.4, 0.5) is 5.69 Å². The van der Waals surface area contributed by atoms with Gasteiger partial charge >= 0.3 is 0 Å². The fourth-order valence-corrected chi connectivity index (χ4v) is 2.87. The summed E-state index contributed by atoms with van der Waals surface area (Å²) in [6, 6.07) is 5.59. The standard InChI is InChI=1S/C14H19ClN2O/c1-9-4-3-5-10(2)17(9)14(18)12-8-11(16)6-7-13(12)15/h6-10H,3-5,16H2,1-2H3/t9-,10-/m1/s1. The Hall–Kier alpha value is -1.22. The Kier molecular flexibility index (Phi) is 3.81.